The zero-order valence-electron chi connectivity index (χ0n) is 60.1. The molecule has 1 aliphatic carbocycles. The van der Waals surface area contributed by atoms with E-state index in [1.807, 2.05) is 63.1 Å². The Hall–Kier alpha value is -7.70. The molecule has 5 N–H and O–H groups in total. The van der Waals surface area contributed by atoms with Crippen LogP contribution in [-0.2, 0) is 70.4 Å². The number of unbranched alkanes of at least 4 members (excludes halogenated alkanes) is 2. The Morgan fingerprint density at radius 3 is 2.01 bits per heavy atom. The molecule has 0 spiro atoms. The number of ether oxygens (including phenoxy) is 3. The van der Waals surface area contributed by atoms with Crippen molar-refractivity contribution in [2.45, 2.75) is 213 Å². The number of hydrogen-bond donors (Lipinski definition) is 4. The lowest BCUT2D eigenvalue weighted by molar-refractivity contribution is -0.150. The van der Waals surface area contributed by atoms with Crippen molar-refractivity contribution in [2.24, 2.45) is 47.2 Å². The third-order valence-electron chi connectivity index (χ3n) is 20.0. The average Bonchev–Trinajstić information content (AvgIpc) is 1.76. The molecule has 99 heavy (non-hydrogen) atoms. The Kier molecular flexibility index (Phi) is 32.4. The summed E-state index contributed by atoms with van der Waals surface area (Å²) in [5, 5.41) is 11.1. The predicted octanol–water partition coefficient (Wildman–Crippen LogP) is 10.00. The van der Waals surface area contributed by atoms with Gasteiger partial charge in [0, 0.05) is 127 Å². The summed E-state index contributed by atoms with van der Waals surface area (Å²) in [7, 11) is 6.45. The molecule has 1 saturated carbocycles. The monoisotopic (exact) mass is 1390 g/mol. The zero-order chi connectivity index (χ0) is 72.5. The van der Waals surface area contributed by atoms with Crippen LogP contribution < -0.4 is 21.7 Å². The number of rotatable bonds is 41. The van der Waals surface area contributed by atoms with E-state index >= 15 is 4.79 Å². The summed E-state index contributed by atoms with van der Waals surface area (Å²) in [4.78, 5) is 160. The molecule has 9 amide bonds. The Labute approximate surface area is 589 Å². The van der Waals surface area contributed by atoms with Crippen LogP contribution in [0.1, 0.15) is 180 Å². The number of carbonyl (C=O) groups is 11. The van der Waals surface area contributed by atoms with Crippen LogP contribution in [-0.4, -0.2) is 174 Å². The van der Waals surface area contributed by atoms with Crippen LogP contribution in [0.15, 0.2) is 78.3 Å². The molecular weight excluding hydrogens is 1280 g/mol. The Morgan fingerprint density at radius 1 is 0.717 bits per heavy atom. The van der Waals surface area contributed by atoms with Crippen molar-refractivity contribution in [3.05, 3.63) is 94.5 Å². The number of nitrogens with two attached hydrogens (primary N) is 1. The van der Waals surface area contributed by atoms with Crippen LogP contribution in [0.3, 0.4) is 0 Å². The standard InChI is InChI=1S/C75H109N9O14S/c1-47(2)57(73(93)81(8)69(53-25-17-13-18-26-53)62(96-10)45-66(91)83-39-22-28-58(83)70(97-11)50(7)59(85)43-55(72-77-37-40-99-72)41-51-23-15-12-16-24-51)44-61(87)68(49(5)6)82(9)75(95)98-46-52-30-32-56(33-31-52)79-71(92)54(27-21-36-78-74(76)94)42-60(86)67(48(3)4)80-63(88)29-19-14-20-38-84-64(89)34-35-65(84)90/h12,15-16,23-24,30-35,37,40,47-50,53-55,57-58,62,67-70H,13-14,17-22,25-29,36,38-39,41-46H2,1-11H3,(H,79,92)(H,80,88)(H3,76,78,94)/t50-,54?,55+,57-,58-,62+,67-,68-,69-,70+/m0/s1. The normalized spacial score (nSPS) is 17.7. The number of methoxy groups -OCH3 is 2. The van der Waals surface area contributed by atoms with Crippen molar-refractivity contribution in [1.29, 1.82) is 0 Å². The van der Waals surface area contributed by atoms with E-state index in [1.165, 1.54) is 24.1 Å². The highest BCUT2D eigenvalue weighted by atomic mass is 32.1. The maximum atomic E-state index is 15.2. The van der Waals surface area contributed by atoms with Gasteiger partial charge in [-0.25, -0.2) is 14.6 Å². The number of likely N-dealkylation sites (tertiary alicyclic amines) is 1. The van der Waals surface area contributed by atoms with Crippen molar-refractivity contribution in [1.82, 2.24) is 35.2 Å². The summed E-state index contributed by atoms with van der Waals surface area (Å²) >= 11 is 1.54. The lowest BCUT2D eigenvalue weighted by atomic mass is 9.79. The number of hydrogen-bond acceptors (Lipinski definition) is 16. The van der Waals surface area contributed by atoms with Gasteiger partial charge in [0.2, 0.25) is 23.6 Å². The first kappa shape index (κ1) is 80.3. The summed E-state index contributed by atoms with van der Waals surface area (Å²) in [6, 6.07) is 13.2. The first-order valence-electron chi connectivity index (χ1n) is 35.5. The van der Waals surface area contributed by atoms with Gasteiger partial charge < -0.3 is 50.6 Å². The molecule has 1 unspecified atom stereocenters. The van der Waals surface area contributed by atoms with Gasteiger partial charge in [0.05, 0.1) is 47.8 Å². The molecule has 3 aromatic rings. The largest absolute Gasteiger partial charge is 0.445 e. The number of benzene rings is 2. The second-order valence-corrected chi connectivity index (χ2v) is 29.1. The van der Waals surface area contributed by atoms with Crippen LogP contribution >= 0.6 is 11.3 Å². The lowest BCUT2D eigenvalue weighted by Gasteiger charge is -2.43. The third kappa shape index (κ3) is 23.7. The quantitative estimate of drug-likeness (QED) is 0.0303. The SMILES string of the molecule is CO[C@H]([C@@H](C)C(=O)C[C@@H](Cc1ccccc1)c1nccs1)[C@@H]1CCCN1C(=O)C[C@@H](OC)[C@H](C1CCCCC1)N(C)C(=O)[C@@H](CC(=O)[C@H](C(C)C)N(C)C(=O)OCc1ccc(NC(=O)C(CCCNC(N)=O)CC(=O)[C@@H](NC(=O)CCCCCN2C(=O)C=CC2=O)C(C)C)cc1)C(C)C. The number of nitrogens with zero attached hydrogens (tertiary/aromatic N) is 5. The maximum absolute atomic E-state index is 15.2. The molecule has 6 rings (SSSR count). The van der Waals surface area contributed by atoms with E-state index in [0.29, 0.717) is 56.3 Å². The van der Waals surface area contributed by atoms with Crippen molar-refractivity contribution >= 4 is 81.9 Å². The Morgan fingerprint density at radius 2 is 1.40 bits per heavy atom. The molecule has 1 aromatic heterocycles. The third-order valence-corrected chi connectivity index (χ3v) is 20.9. The summed E-state index contributed by atoms with van der Waals surface area (Å²) in [6.45, 7) is 13.7. The smallest absolute Gasteiger partial charge is 0.410 e. The molecule has 0 radical (unpaired) electrons. The fourth-order valence-corrected chi connectivity index (χ4v) is 15.2. The van der Waals surface area contributed by atoms with Gasteiger partial charge in [-0.05, 0) is 105 Å². The topological polar surface area (TPSA) is 303 Å². The number of imide groups is 1. The van der Waals surface area contributed by atoms with E-state index < -0.39 is 66.1 Å². The van der Waals surface area contributed by atoms with Crippen molar-refractivity contribution in [2.75, 3.05) is 53.3 Å². The number of Topliss-reactive ketones (excluding diaryl/α,β-unsaturated/α-hetero) is 3. The molecule has 2 aliphatic heterocycles. The van der Waals surface area contributed by atoms with Crippen LogP contribution in [0.25, 0.3) is 0 Å². The molecule has 24 heteroatoms. The minimum Gasteiger partial charge on any atom is -0.445 e. The maximum Gasteiger partial charge on any atom is 0.410 e. The van der Waals surface area contributed by atoms with Crippen LogP contribution in [0.4, 0.5) is 15.3 Å². The second-order valence-electron chi connectivity index (χ2n) is 28.2. The summed E-state index contributed by atoms with van der Waals surface area (Å²) in [5.74, 6) is -5.72. The van der Waals surface area contributed by atoms with Gasteiger partial charge in [-0.3, -0.25) is 48.1 Å². The van der Waals surface area contributed by atoms with Crippen molar-refractivity contribution < 1.29 is 67.0 Å². The summed E-state index contributed by atoms with van der Waals surface area (Å²) in [5.41, 5.74) is 7.36. The van der Waals surface area contributed by atoms with Crippen molar-refractivity contribution in [3.63, 3.8) is 0 Å². The molecule has 3 heterocycles. The van der Waals surface area contributed by atoms with Crippen LogP contribution in [0.5, 0.6) is 0 Å². The number of primary amides is 1. The van der Waals surface area contributed by atoms with Crippen LogP contribution in [0.2, 0.25) is 0 Å². The number of likely N-dealkylation sites (N-methyl/N-ethyl adjacent to an activating group) is 2. The van der Waals surface area contributed by atoms with Gasteiger partial charge in [-0.1, -0.05) is 117 Å². The molecule has 544 valence electrons. The zero-order valence-corrected chi connectivity index (χ0v) is 60.9. The van der Waals surface area contributed by atoms with E-state index in [4.69, 9.17) is 19.9 Å². The van der Waals surface area contributed by atoms with Gasteiger partial charge in [0.15, 0.2) is 11.6 Å². The second kappa shape index (κ2) is 39.9. The minimum absolute atomic E-state index is 0.00345. The lowest BCUT2D eigenvalue weighted by Crippen LogP contribution is -2.55. The number of ketones is 3. The highest BCUT2D eigenvalue weighted by Gasteiger charge is 2.45. The average molecular weight is 1390 g/mol. The van der Waals surface area contributed by atoms with Gasteiger partial charge in [0.25, 0.3) is 11.8 Å². The molecular formula is C75H109N9O14S. The summed E-state index contributed by atoms with van der Waals surface area (Å²) < 4.78 is 18.2. The number of carbonyl (C=O) groups excluding carboxylic acids is 11. The van der Waals surface area contributed by atoms with Crippen molar-refractivity contribution in [3.8, 4) is 0 Å². The molecule has 2 aromatic carbocycles. The number of amides is 9. The molecule has 1 saturated heterocycles. The molecule has 10 atom stereocenters. The van der Waals surface area contributed by atoms with Gasteiger partial charge in [-0.15, -0.1) is 11.3 Å². The first-order valence-corrected chi connectivity index (χ1v) is 36.4. The minimum atomic E-state index is -0.954. The Bertz CT molecular complexity index is 3170. The first-order chi connectivity index (χ1) is 47.2. The number of thiazole rings is 1. The number of aromatic nitrogens is 1. The number of anilines is 1. The van der Waals surface area contributed by atoms with E-state index in [9.17, 15) is 47.9 Å². The van der Waals surface area contributed by atoms with E-state index in [-0.39, 0.29) is 141 Å². The number of nitrogens with one attached hydrogen (secondary N) is 3. The number of urea groups is 1. The van der Waals surface area contributed by atoms with Gasteiger partial charge >= 0.3 is 12.1 Å². The van der Waals surface area contributed by atoms with Crippen LogP contribution in [0, 0.1) is 41.4 Å². The highest BCUT2D eigenvalue weighted by Crippen LogP contribution is 2.37. The van der Waals surface area contributed by atoms with E-state index in [0.717, 1.165) is 54.0 Å². The Balaban J connectivity index is 1.05. The van der Waals surface area contributed by atoms with E-state index in [2.05, 4.69) is 33.1 Å². The molecule has 23 nitrogen and oxygen atoms in total. The molecule has 3 aliphatic rings. The highest BCUT2D eigenvalue weighted by molar-refractivity contribution is 7.09. The fourth-order valence-electron chi connectivity index (χ4n) is 14.5. The fraction of sp³-hybridized carbons (Fsp3) is 0.627. The van der Waals surface area contributed by atoms with Gasteiger partial charge in [-0.2, -0.15) is 0 Å². The predicted molar refractivity (Wildman–Crippen MR) is 378 cm³/mol. The van der Waals surface area contributed by atoms with E-state index in [1.54, 1.807) is 81.8 Å². The summed E-state index contributed by atoms with van der Waals surface area (Å²) in [6.07, 6.45) is 11.1. The van der Waals surface area contributed by atoms with Gasteiger partial charge in [0.1, 0.15) is 12.4 Å². The molecule has 2 fully saturated rings. The molecule has 0 bridgehead atoms.